The first-order valence-corrected chi connectivity index (χ1v) is 4.01. The second-order valence-electron chi connectivity index (χ2n) is 2.51. The predicted octanol–water partition coefficient (Wildman–Crippen LogP) is 3.13. The van der Waals surface area contributed by atoms with Gasteiger partial charge < -0.3 is 4.52 Å². The van der Waals surface area contributed by atoms with Crippen LogP contribution in [-0.2, 0) is 0 Å². The summed E-state index contributed by atoms with van der Waals surface area (Å²) in [6, 6.07) is 5.80. The third kappa shape index (κ3) is 1.55. The molecule has 2 rings (SSSR count). The number of hydrogen-bond donors (Lipinski definition) is 0. The molecule has 1 aromatic carbocycles. The Balaban J connectivity index is 2.53. The fourth-order valence-corrected chi connectivity index (χ4v) is 1.31. The molecule has 66 valence electrons. The minimum Gasteiger partial charge on any atom is -0.364 e. The van der Waals surface area contributed by atoms with Crippen molar-refractivity contribution in [1.29, 1.82) is 0 Å². The number of aromatic nitrogens is 1. The topological polar surface area (TPSA) is 26.0 Å². The highest BCUT2D eigenvalue weighted by Gasteiger charge is 2.06. The van der Waals surface area contributed by atoms with E-state index in [1.54, 1.807) is 12.1 Å². The Kier molecular flexibility index (Phi) is 2.02. The number of hydrogen-bond acceptors (Lipinski definition) is 2. The fourth-order valence-electron chi connectivity index (χ4n) is 1.05. The largest absolute Gasteiger partial charge is 0.364 e. The lowest BCUT2D eigenvalue weighted by molar-refractivity contribution is 0.422. The minimum absolute atomic E-state index is 0.328. The summed E-state index contributed by atoms with van der Waals surface area (Å²) < 4.78 is 17.3. The van der Waals surface area contributed by atoms with Gasteiger partial charge >= 0.3 is 0 Å². The lowest BCUT2D eigenvalue weighted by Crippen LogP contribution is -1.80. The van der Waals surface area contributed by atoms with Gasteiger partial charge in [0, 0.05) is 11.6 Å². The zero-order valence-electron chi connectivity index (χ0n) is 6.50. The Morgan fingerprint density at radius 2 is 2.15 bits per heavy atom. The van der Waals surface area contributed by atoms with Gasteiger partial charge in [-0.1, -0.05) is 16.8 Å². The van der Waals surface area contributed by atoms with Crippen LogP contribution >= 0.6 is 11.6 Å². The zero-order chi connectivity index (χ0) is 9.26. The second kappa shape index (κ2) is 3.18. The maximum absolute atomic E-state index is 12.7. The fraction of sp³-hybridized carbons (Fsp3) is 0. The molecule has 13 heavy (non-hydrogen) atoms. The van der Waals surface area contributed by atoms with Gasteiger partial charge in [-0.3, -0.25) is 0 Å². The third-order valence-electron chi connectivity index (χ3n) is 1.64. The van der Waals surface area contributed by atoms with Gasteiger partial charge in [0.2, 0.25) is 0 Å². The smallest absolute Gasteiger partial charge is 0.124 e. The summed E-state index contributed by atoms with van der Waals surface area (Å²) in [5.74, 6) is -0.364. The van der Waals surface area contributed by atoms with Crippen molar-refractivity contribution in [3.05, 3.63) is 41.4 Å². The molecule has 0 radical (unpaired) electrons. The van der Waals surface area contributed by atoms with E-state index in [2.05, 4.69) is 9.68 Å². The Bertz CT molecular complexity index is 414. The number of nitrogens with zero attached hydrogens (tertiary/aromatic N) is 1. The molecule has 0 aliphatic carbocycles. The Morgan fingerprint density at radius 1 is 1.31 bits per heavy atom. The van der Waals surface area contributed by atoms with Crippen LogP contribution in [-0.4, -0.2) is 5.16 Å². The van der Waals surface area contributed by atoms with Crippen molar-refractivity contribution in [2.45, 2.75) is 0 Å². The van der Waals surface area contributed by atoms with E-state index >= 15 is 0 Å². The first-order valence-electron chi connectivity index (χ1n) is 3.63. The summed E-state index contributed by atoms with van der Waals surface area (Å²) in [7, 11) is 0. The summed E-state index contributed by atoms with van der Waals surface area (Å²) in [4.78, 5) is 0. The van der Waals surface area contributed by atoms with Crippen LogP contribution in [0.2, 0.25) is 5.02 Å². The Hall–Kier alpha value is -1.35. The second-order valence-corrected chi connectivity index (χ2v) is 2.92. The van der Waals surface area contributed by atoms with Gasteiger partial charge in [-0.05, 0) is 18.2 Å². The highest BCUT2D eigenvalue weighted by Crippen LogP contribution is 2.26. The maximum atomic E-state index is 12.7. The Labute approximate surface area is 78.9 Å². The quantitative estimate of drug-likeness (QED) is 0.702. The van der Waals surface area contributed by atoms with E-state index in [-0.39, 0.29) is 5.82 Å². The summed E-state index contributed by atoms with van der Waals surface area (Å²) in [5, 5.41) is 4.02. The molecule has 0 atom stereocenters. The summed E-state index contributed by atoms with van der Waals surface area (Å²) >= 11 is 5.80. The molecular formula is C9H5ClFNO. The molecule has 2 nitrogen and oxygen atoms in total. The molecule has 1 heterocycles. The number of rotatable bonds is 1. The van der Waals surface area contributed by atoms with Crippen molar-refractivity contribution in [2.24, 2.45) is 0 Å². The molecular weight excluding hydrogens is 193 g/mol. The molecule has 0 N–H and O–H groups in total. The molecule has 0 saturated carbocycles. The minimum atomic E-state index is -0.364. The molecule has 0 spiro atoms. The van der Waals surface area contributed by atoms with Crippen LogP contribution in [0.4, 0.5) is 4.39 Å². The van der Waals surface area contributed by atoms with E-state index in [0.717, 1.165) is 0 Å². The van der Waals surface area contributed by atoms with Crippen molar-refractivity contribution in [3.8, 4) is 11.3 Å². The van der Waals surface area contributed by atoms with E-state index in [9.17, 15) is 4.39 Å². The van der Waals surface area contributed by atoms with Gasteiger partial charge in [0.25, 0.3) is 0 Å². The predicted molar refractivity (Wildman–Crippen MR) is 46.9 cm³/mol. The molecule has 4 heteroatoms. The van der Waals surface area contributed by atoms with Crippen molar-refractivity contribution in [1.82, 2.24) is 5.16 Å². The molecule has 0 bridgehead atoms. The average molecular weight is 198 g/mol. The molecule has 0 aliphatic heterocycles. The van der Waals surface area contributed by atoms with Crippen LogP contribution in [0, 0.1) is 5.82 Å². The van der Waals surface area contributed by atoms with Crippen LogP contribution in [0.5, 0.6) is 0 Å². The first kappa shape index (κ1) is 8.26. The van der Waals surface area contributed by atoms with Crippen LogP contribution in [0.15, 0.2) is 35.1 Å². The molecule has 0 unspecified atom stereocenters. The van der Waals surface area contributed by atoms with E-state index in [1.165, 1.54) is 18.4 Å². The zero-order valence-corrected chi connectivity index (χ0v) is 7.25. The molecule has 2 aromatic rings. The monoisotopic (exact) mass is 197 g/mol. The van der Waals surface area contributed by atoms with Gasteiger partial charge in [-0.15, -0.1) is 0 Å². The normalized spacial score (nSPS) is 10.3. The Morgan fingerprint density at radius 3 is 2.77 bits per heavy atom. The number of benzene rings is 1. The van der Waals surface area contributed by atoms with E-state index in [4.69, 9.17) is 11.6 Å². The highest BCUT2D eigenvalue weighted by molar-refractivity contribution is 6.33. The molecule has 0 saturated heterocycles. The van der Waals surface area contributed by atoms with Gasteiger partial charge in [-0.25, -0.2) is 4.39 Å². The van der Waals surface area contributed by atoms with Crippen molar-refractivity contribution >= 4 is 11.6 Å². The van der Waals surface area contributed by atoms with Gasteiger partial charge in [-0.2, -0.15) is 0 Å². The number of halogens is 2. The highest BCUT2D eigenvalue weighted by atomic mass is 35.5. The molecule has 0 aliphatic rings. The molecule has 0 amide bonds. The van der Waals surface area contributed by atoms with Crippen LogP contribution in [0.25, 0.3) is 11.3 Å². The van der Waals surface area contributed by atoms with Gasteiger partial charge in [0.15, 0.2) is 0 Å². The SMILES string of the molecule is Fc1ccc(-c2ccon2)c(Cl)c1. The third-order valence-corrected chi connectivity index (χ3v) is 1.96. The lowest BCUT2D eigenvalue weighted by atomic mass is 10.1. The molecule has 0 fully saturated rings. The molecule has 1 aromatic heterocycles. The van der Waals surface area contributed by atoms with Crippen molar-refractivity contribution < 1.29 is 8.91 Å². The summed E-state index contributed by atoms with van der Waals surface area (Å²) in [6.45, 7) is 0. The van der Waals surface area contributed by atoms with E-state index in [0.29, 0.717) is 16.3 Å². The first-order chi connectivity index (χ1) is 6.27. The average Bonchev–Trinajstić information content (AvgIpc) is 2.56. The van der Waals surface area contributed by atoms with Crippen molar-refractivity contribution in [2.75, 3.05) is 0 Å². The standard InChI is InChI=1S/C9H5ClFNO/c10-8-5-6(11)1-2-7(8)9-3-4-13-12-9/h1-5H. The van der Waals surface area contributed by atoms with E-state index < -0.39 is 0 Å². The van der Waals surface area contributed by atoms with Crippen LogP contribution < -0.4 is 0 Å². The summed E-state index contributed by atoms with van der Waals surface area (Å²) in [6.07, 6.45) is 1.44. The van der Waals surface area contributed by atoms with E-state index in [1.807, 2.05) is 0 Å². The van der Waals surface area contributed by atoms with Gasteiger partial charge in [0.1, 0.15) is 17.8 Å². The summed E-state index contributed by atoms with van der Waals surface area (Å²) in [5.41, 5.74) is 1.27. The van der Waals surface area contributed by atoms with Crippen molar-refractivity contribution in [3.63, 3.8) is 0 Å². The van der Waals surface area contributed by atoms with Gasteiger partial charge in [0.05, 0.1) is 5.02 Å². The van der Waals surface area contributed by atoms with Crippen LogP contribution in [0.3, 0.4) is 0 Å². The lowest BCUT2D eigenvalue weighted by Gasteiger charge is -1.98. The maximum Gasteiger partial charge on any atom is 0.124 e. The van der Waals surface area contributed by atoms with Crippen LogP contribution in [0.1, 0.15) is 0 Å².